The Balaban J connectivity index is 0.997. The van der Waals surface area contributed by atoms with E-state index in [1.165, 1.54) is 25.5 Å². The second kappa shape index (κ2) is 17.5. The lowest BCUT2D eigenvalue weighted by atomic mass is 9.75. The number of amides is 2. The summed E-state index contributed by atoms with van der Waals surface area (Å²) in [5.41, 5.74) is 7.24. The maximum atomic E-state index is 13.8. The number of hydrogen-bond acceptors (Lipinski definition) is 8. The number of aliphatic hydroxyl groups is 1. The van der Waals surface area contributed by atoms with Crippen LogP contribution in [0.5, 0.6) is 0 Å². The first-order valence-electron chi connectivity index (χ1n) is 20.9. The van der Waals surface area contributed by atoms with E-state index >= 15 is 0 Å². The number of carbonyl (C=O) groups is 2. The number of nitrogens with one attached hydrogen (secondary N) is 2. The molecule has 2 saturated heterocycles. The van der Waals surface area contributed by atoms with E-state index in [0.717, 1.165) is 58.2 Å². The molecule has 0 radical (unpaired) electrons. The van der Waals surface area contributed by atoms with Gasteiger partial charge in [-0.05, 0) is 98.4 Å². The van der Waals surface area contributed by atoms with Gasteiger partial charge in [-0.15, -0.1) is 0 Å². The predicted molar refractivity (Wildman–Crippen MR) is 224 cm³/mol. The molecule has 10 nitrogen and oxygen atoms in total. The number of ether oxygens (including phenoxy) is 2. The van der Waals surface area contributed by atoms with Gasteiger partial charge in [-0.1, -0.05) is 91.7 Å². The van der Waals surface area contributed by atoms with Gasteiger partial charge in [0.25, 0.3) is 5.91 Å². The summed E-state index contributed by atoms with van der Waals surface area (Å²) in [7, 11) is 0. The van der Waals surface area contributed by atoms with Crippen molar-refractivity contribution < 1.29 is 24.2 Å². The molecule has 2 aliphatic heterocycles. The molecule has 0 spiro atoms. The number of piperidine rings is 1. The second-order valence-electron chi connectivity index (χ2n) is 17.2. The minimum absolute atomic E-state index is 0.0138. The zero-order valence-electron chi connectivity index (χ0n) is 33.8. The normalized spacial score (nSPS) is 23.9. The number of para-hydroxylation sites is 2. The first kappa shape index (κ1) is 39.8. The average molecular weight is 782 g/mol. The summed E-state index contributed by atoms with van der Waals surface area (Å²) in [6.07, 6.45) is 7.89. The number of nitrogens with zero attached hydrogens (tertiary/aromatic N) is 3. The Morgan fingerprint density at radius 3 is 2.34 bits per heavy atom. The first-order valence-corrected chi connectivity index (χ1v) is 20.9. The van der Waals surface area contributed by atoms with E-state index in [4.69, 9.17) is 9.47 Å². The Labute approximate surface area is 341 Å². The molecule has 4 aromatic carbocycles. The van der Waals surface area contributed by atoms with Crippen LogP contribution >= 0.6 is 0 Å². The summed E-state index contributed by atoms with van der Waals surface area (Å²) >= 11 is 0. The number of carbonyl (C=O) groups excluding carboxylic acids is 2. The maximum absolute atomic E-state index is 13.8. The fourth-order valence-corrected chi connectivity index (χ4v) is 9.03. The standard InChI is InChI=1S/C48H55N5O5/c1-48(2,3)52-46(56)43-24-23-34-10-4-7-14-42(34)53(43)29-38-26-44(35-17-15-31(30-54)16-18-35)58-47(57-38)36-21-19-33(20-22-36)37-11-8-9-32(25-37)27-50-45(55)41-28-49-39-12-5-6-13-40(39)51-41/h5-6,8-9,11-13,15-22,25,28,34,38,42-44,47,54H,4,7,10,14,23-24,26-27,29-30H2,1-3H3,(H,50,55)(H,52,56)/t34-,38+,42-,43-,44-,47-/m1/s1. The van der Waals surface area contributed by atoms with Crippen molar-refractivity contribution in [3.05, 3.63) is 131 Å². The first-order chi connectivity index (χ1) is 28.1. The van der Waals surface area contributed by atoms with Gasteiger partial charge in [0, 0.05) is 36.7 Å². The van der Waals surface area contributed by atoms with Crippen molar-refractivity contribution in [1.82, 2.24) is 25.5 Å². The summed E-state index contributed by atoms with van der Waals surface area (Å²) in [5.74, 6) is 0.438. The SMILES string of the molecule is CC(C)(C)NC(=O)[C@H]1CC[C@H]2CCCC[C@H]2N1C[C@@H]1C[C@H](c2ccc(CO)cc2)O[C@H](c2ccc(-c3cccc(CNC(=O)c4cnc5ccccc5n4)c3)cc2)O1. The largest absolute Gasteiger partial charge is 0.392 e. The average Bonchev–Trinajstić information content (AvgIpc) is 3.25. The molecule has 3 N–H and O–H groups in total. The lowest BCUT2D eigenvalue weighted by molar-refractivity contribution is -0.255. The third-order valence-electron chi connectivity index (χ3n) is 11.9. The van der Waals surface area contributed by atoms with Crippen LogP contribution in [0.15, 0.2) is 103 Å². The lowest BCUT2D eigenvalue weighted by Gasteiger charge is -2.50. The smallest absolute Gasteiger partial charge is 0.271 e. The van der Waals surface area contributed by atoms with Crippen LogP contribution in [-0.4, -0.2) is 62.1 Å². The predicted octanol–water partition coefficient (Wildman–Crippen LogP) is 8.20. The van der Waals surface area contributed by atoms with E-state index in [0.29, 0.717) is 37.0 Å². The second-order valence-corrected chi connectivity index (χ2v) is 17.2. The van der Waals surface area contributed by atoms with Gasteiger partial charge in [0.05, 0.1) is 42.1 Å². The molecule has 6 atom stereocenters. The lowest BCUT2D eigenvalue weighted by Crippen LogP contribution is -2.61. The molecular weight excluding hydrogens is 727 g/mol. The molecule has 0 unspecified atom stereocenters. The van der Waals surface area contributed by atoms with Crippen molar-refractivity contribution in [2.75, 3.05) is 6.54 Å². The summed E-state index contributed by atoms with van der Waals surface area (Å²) in [5, 5.41) is 16.0. The van der Waals surface area contributed by atoms with E-state index < -0.39 is 6.29 Å². The van der Waals surface area contributed by atoms with E-state index in [2.05, 4.69) is 61.9 Å². The number of hydrogen-bond donors (Lipinski definition) is 3. The van der Waals surface area contributed by atoms with Gasteiger partial charge in [0.2, 0.25) is 5.91 Å². The van der Waals surface area contributed by atoms with Crippen LogP contribution in [0.25, 0.3) is 22.2 Å². The summed E-state index contributed by atoms with van der Waals surface area (Å²) < 4.78 is 13.6. The summed E-state index contributed by atoms with van der Waals surface area (Å²) in [6, 6.07) is 32.1. The highest BCUT2D eigenvalue weighted by Gasteiger charge is 2.44. The zero-order valence-corrected chi connectivity index (χ0v) is 33.8. The minimum atomic E-state index is -0.608. The zero-order chi connectivity index (χ0) is 40.2. The molecule has 2 amide bonds. The fraction of sp³-hybridized carbons (Fsp3) is 0.417. The van der Waals surface area contributed by atoms with Crippen LogP contribution in [0.3, 0.4) is 0 Å². The van der Waals surface area contributed by atoms with Gasteiger partial charge in [0.1, 0.15) is 5.69 Å². The summed E-state index contributed by atoms with van der Waals surface area (Å²) in [6.45, 7) is 7.14. The monoisotopic (exact) mass is 781 g/mol. The van der Waals surface area contributed by atoms with Crippen molar-refractivity contribution in [3.8, 4) is 11.1 Å². The molecular formula is C48H55N5O5. The molecule has 302 valence electrons. The molecule has 3 aliphatic rings. The Bertz CT molecular complexity index is 2200. The molecule has 58 heavy (non-hydrogen) atoms. The molecule has 10 heteroatoms. The number of fused-ring (bicyclic) bond motifs is 2. The van der Waals surface area contributed by atoms with E-state index in [1.807, 2.05) is 81.4 Å². The number of benzene rings is 4. The molecule has 3 fully saturated rings. The van der Waals surface area contributed by atoms with Crippen LogP contribution < -0.4 is 10.6 Å². The summed E-state index contributed by atoms with van der Waals surface area (Å²) in [4.78, 5) is 38.2. The molecule has 8 rings (SSSR count). The third-order valence-corrected chi connectivity index (χ3v) is 11.9. The van der Waals surface area contributed by atoms with Crippen molar-refractivity contribution in [2.24, 2.45) is 5.92 Å². The molecule has 3 heterocycles. The van der Waals surface area contributed by atoms with Gasteiger partial charge in [0.15, 0.2) is 6.29 Å². The number of rotatable bonds is 10. The highest BCUT2D eigenvalue weighted by Crippen LogP contribution is 2.42. The topological polar surface area (TPSA) is 126 Å². The minimum Gasteiger partial charge on any atom is -0.392 e. The van der Waals surface area contributed by atoms with Crippen LogP contribution in [0.2, 0.25) is 0 Å². The van der Waals surface area contributed by atoms with E-state index in [1.54, 1.807) is 0 Å². The molecule has 0 bridgehead atoms. The van der Waals surface area contributed by atoms with Crippen LogP contribution in [0.1, 0.15) is 111 Å². The Hall–Kier alpha value is -5.00. The quantitative estimate of drug-likeness (QED) is 0.130. The van der Waals surface area contributed by atoms with Gasteiger partial charge in [-0.2, -0.15) is 0 Å². The van der Waals surface area contributed by atoms with Crippen molar-refractivity contribution in [1.29, 1.82) is 0 Å². The Morgan fingerprint density at radius 1 is 0.810 bits per heavy atom. The van der Waals surface area contributed by atoms with Gasteiger partial charge in [-0.25, -0.2) is 4.98 Å². The van der Waals surface area contributed by atoms with Crippen molar-refractivity contribution in [3.63, 3.8) is 0 Å². The maximum Gasteiger partial charge on any atom is 0.271 e. The van der Waals surface area contributed by atoms with Crippen LogP contribution in [-0.2, 0) is 27.4 Å². The Kier molecular flexibility index (Phi) is 12.0. The highest BCUT2D eigenvalue weighted by molar-refractivity contribution is 5.93. The molecule has 1 aliphatic carbocycles. The van der Waals surface area contributed by atoms with Crippen LogP contribution in [0, 0.1) is 5.92 Å². The van der Waals surface area contributed by atoms with Crippen molar-refractivity contribution in [2.45, 2.75) is 115 Å². The van der Waals surface area contributed by atoms with Crippen LogP contribution in [0.4, 0.5) is 0 Å². The molecule has 1 saturated carbocycles. The fourth-order valence-electron chi connectivity index (χ4n) is 9.03. The van der Waals surface area contributed by atoms with E-state index in [-0.39, 0.29) is 47.9 Å². The van der Waals surface area contributed by atoms with E-state index in [9.17, 15) is 14.7 Å². The van der Waals surface area contributed by atoms with Gasteiger partial charge in [-0.3, -0.25) is 19.5 Å². The Morgan fingerprint density at radius 2 is 1.57 bits per heavy atom. The number of aliphatic hydroxyl groups excluding tert-OH is 1. The number of likely N-dealkylation sites (tertiary alicyclic amines) is 1. The van der Waals surface area contributed by atoms with Crippen molar-refractivity contribution >= 4 is 22.8 Å². The molecule has 5 aromatic rings. The number of aromatic nitrogens is 2. The van der Waals surface area contributed by atoms with Gasteiger partial charge >= 0.3 is 0 Å². The highest BCUT2D eigenvalue weighted by atomic mass is 16.7. The van der Waals surface area contributed by atoms with Gasteiger partial charge < -0.3 is 25.2 Å². The molecule has 1 aromatic heterocycles. The third kappa shape index (κ3) is 9.31.